The van der Waals surface area contributed by atoms with Crippen LogP contribution >= 0.6 is 0 Å². The average molecular weight is 324 g/mol. The lowest BCUT2D eigenvalue weighted by atomic mass is 9.70. The molecule has 0 amide bonds. The van der Waals surface area contributed by atoms with Crippen LogP contribution in [-0.2, 0) is 4.74 Å². The van der Waals surface area contributed by atoms with Gasteiger partial charge in [0, 0.05) is 18.6 Å². The molecule has 3 aliphatic rings. The molecule has 3 nitrogen and oxygen atoms in total. The van der Waals surface area contributed by atoms with Gasteiger partial charge in [-0.2, -0.15) is 0 Å². The topological polar surface area (TPSA) is 32.7 Å². The Bertz CT molecular complexity index is 414. The van der Waals surface area contributed by atoms with E-state index in [1.54, 1.807) is 0 Å². The van der Waals surface area contributed by atoms with E-state index in [2.05, 4.69) is 39.5 Å². The lowest BCUT2D eigenvalue weighted by molar-refractivity contribution is -0.0842. The lowest BCUT2D eigenvalue weighted by Gasteiger charge is -2.41. The molecule has 1 aliphatic heterocycles. The fourth-order valence-corrected chi connectivity index (χ4v) is 5.74. The molecule has 3 fully saturated rings. The molecule has 6 atom stereocenters. The molecule has 0 aromatic rings. The maximum atomic E-state index is 10.5. The molecule has 23 heavy (non-hydrogen) atoms. The molecule has 0 aromatic heterocycles. The number of likely N-dealkylation sites (tertiary alicyclic amines) is 1. The summed E-state index contributed by atoms with van der Waals surface area (Å²) in [5, 5.41) is 10.5. The van der Waals surface area contributed by atoms with E-state index in [0.717, 1.165) is 12.5 Å². The summed E-state index contributed by atoms with van der Waals surface area (Å²) in [6, 6.07) is 1.18. The first-order valence-electron chi connectivity index (χ1n) is 9.81. The minimum Gasteiger partial charge on any atom is -0.389 e. The van der Waals surface area contributed by atoms with Gasteiger partial charge in [0.2, 0.25) is 0 Å². The van der Waals surface area contributed by atoms with Crippen molar-refractivity contribution in [2.24, 2.45) is 16.7 Å². The molecule has 3 rings (SSSR count). The standard InChI is InChI=1S/C20H37NO2/c1-14-7-6-8-15(2)21(14)12-17(22)13-23-18-11-16-9-10-20(18,5)19(16,3)4/h14-18,22H,6-13H2,1-5H3/t14-,15+,16-,17-,18-,20-/m1/s1. The van der Waals surface area contributed by atoms with Crippen molar-refractivity contribution in [3.05, 3.63) is 0 Å². The van der Waals surface area contributed by atoms with Crippen molar-refractivity contribution in [2.45, 2.75) is 97.4 Å². The number of aliphatic hydroxyl groups is 1. The SMILES string of the molecule is C[C@@H]1CCC[C@H](C)N1C[C@@H](O)CO[C@@H]1C[C@H]2CC[C@@]1(C)C2(C)C. The minimum absolute atomic E-state index is 0.295. The van der Waals surface area contributed by atoms with Crippen LogP contribution in [0.5, 0.6) is 0 Å². The Morgan fingerprint density at radius 1 is 1.13 bits per heavy atom. The Morgan fingerprint density at radius 3 is 2.30 bits per heavy atom. The van der Waals surface area contributed by atoms with Gasteiger partial charge < -0.3 is 9.84 Å². The van der Waals surface area contributed by atoms with Crippen LogP contribution in [0.25, 0.3) is 0 Å². The van der Waals surface area contributed by atoms with E-state index in [9.17, 15) is 5.11 Å². The maximum Gasteiger partial charge on any atom is 0.0900 e. The first-order chi connectivity index (χ1) is 10.8. The van der Waals surface area contributed by atoms with Crippen LogP contribution in [0.1, 0.15) is 73.1 Å². The summed E-state index contributed by atoms with van der Waals surface area (Å²) in [6.07, 6.45) is 7.64. The molecule has 2 aliphatic carbocycles. The number of aliphatic hydroxyl groups excluding tert-OH is 1. The van der Waals surface area contributed by atoms with E-state index < -0.39 is 0 Å². The summed E-state index contributed by atoms with van der Waals surface area (Å²) in [4.78, 5) is 2.48. The Labute approximate surface area is 142 Å². The van der Waals surface area contributed by atoms with Crippen molar-refractivity contribution >= 4 is 0 Å². The summed E-state index contributed by atoms with van der Waals surface area (Å²) >= 11 is 0. The Balaban J connectivity index is 1.51. The molecule has 0 spiro atoms. The van der Waals surface area contributed by atoms with Gasteiger partial charge in [0.15, 0.2) is 0 Å². The highest BCUT2D eigenvalue weighted by Crippen LogP contribution is 2.66. The third-order valence-corrected chi connectivity index (χ3v) is 8.00. The monoisotopic (exact) mass is 323 g/mol. The summed E-state index contributed by atoms with van der Waals surface area (Å²) in [7, 11) is 0. The van der Waals surface area contributed by atoms with Gasteiger partial charge in [0.1, 0.15) is 0 Å². The Morgan fingerprint density at radius 2 is 1.78 bits per heavy atom. The molecule has 2 bridgehead atoms. The van der Waals surface area contributed by atoms with Gasteiger partial charge in [-0.05, 0) is 62.7 Å². The molecule has 0 aromatic carbocycles. The van der Waals surface area contributed by atoms with E-state index in [0.29, 0.717) is 35.6 Å². The molecule has 1 saturated heterocycles. The molecule has 1 N–H and O–H groups in total. The first-order valence-corrected chi connectivity index (χ1v) is 9.81. The number of nitrogens with zero attached hydrogens (tertiary/aromatic N) is 1. The maximum absolute atomic E-state index is 10.5. The van der Waals surface area contributed by atoms with Crippen molar-refractivity contribution in [2.75, 3.05) is 13.2 Å². The molecule has 3 heteroatoms. The fourth-order valence-electron chi connectivity index (χ4n) is 5.74. The molecule has 0 radical (unpaired) electrons. The summed E-state index contributed by atoms with van der Waals surface area (Å²) < 4.78 is 6.27. The van der Waals surface area contributed by atoms with Crippen molar-refractivity contribution < 1.29 is 9.84 Å². The van der Waals surface area contributed by atoms with Crippen LogP contribution in [0, 0.1) is 16.7 Å². The number of piperidine rings is 1. The molecular formula is C20H37NO2. The van der Waals surface area contributed by atoms with Gasteiger partial charge in [-0.15, -0.1) is 0 Å². The van der Waals surface area contributed by atoms with Gasteiger partial charge in [-0.1, -0.05) is 27.2 Å². The minimum atomic E-state index is -0.358. The number of β-amino-alcohol motifs (C(OH)–C–C–N with tert-alkyl or cyclic N) is 1. The second-order valence-electron chi connectivity index (χ2n) is 9.41. The number of hydrogen-bond acceptors (Lipinski definition) is 3. The van der Waals surface area contributed by atoms with E-state index in [1.807, 2.05) is 0 Å². The Kier molecular flexibility index (Phi) is 4.85. The van der Waals surface area contributed by atoms with Crippen molar-refractivity contribution in [3.8, 4) is 0 Å². The highest BCUT2D eigenvalue weighted by molar-refractivity contribution is 5.11. The van der Waals surface area contributed by atoms with Crippen molar-refractivity contribution in [3.63, 3.8) is 0 Å². The highest BCUT2D eigenvalue weighted by atomic mass is 16.5. The zero-order valence-electron chi connectivity index (χ0n) is 15.8. The zero-order valence-corrected chi connectivity index (χ0v) is 15.8. The smallest absolute Gasteiger partial charge is 0.0900 e. The molecule has 1 heterocycles. The molecular weight excluding hydrogens is 286 g/mol. The van der Waals surface area contributed by atoms with Gasteiger partial charge in [-0.3, -0.25) is 4.90 Å². The average Bonchev–Trinajstić information content (AvgIpc) is 2.82. The van der Waals surface area contributed by atoms with Crippen LogP contribution in [0.15, 0.2) is 0 Å². The third kappa shape index (κ3) is 2.98. The number of rotatable bonds is 5. The first kappa shape index (κ1) is 17.7. The molecule has 0 unspecified atom stereocenters. The van der Waals surface area contributed by atoms with Gasteiger partial charge in [0.05, 0.1) is 18.8 Å². The summed E-state index contributed by atoms with van der Waals surface area (Å²) in [5.74, 6) is 0.803. The predicted molar refractivity (Wildman–Crippen MR) is 94.5 cm³/mol. The van der Waals surface area contributed by atoms with Crippen molar-refractivity contribution in [1.29, 1.82) is 0 Å². The van der Waals surface area contributed by atoms with E-state index >= 15 is 0 Å². The van der Waals surface area contributed by atoms with E-state index in [-0.39, 0.29) is 6.10 Å². The van der Waals surface area contributed by atoms with Crippen LogP contribution in [0.3, 0.4) is 0 Å². The summed E-state index contributed by atoms with van der Waals surface area (Å²) in [6.45, 7) is 13.1. The number of ether oxygens (including phenoxy) is 1. The van der Waals surface area contributed by atoms with Crippen LogP contribution in [-0.4, -0.2) is 47.4 Å². The zero-order chi connectivity index (χ0) is 16.8. The summed E-state index contributed by atoms with van der Waals surface area (Å²) in [5.41, 5.74) is 0.682. The second kappa shape index (κ2) is 6.31. The Hall–Kier alpha value is -0.120. The molecule has 134 valence electrons. The van der Waals surface area contributed by atoms with Crippen LogP contribution < -0.4 is 0 Å². The third-order valence-electron chi connectivity index (χ3n) is 8.00. The van der Waals surface area contributed by atoms with Crippen LogP contribution in [0.4, 0.5) is 0 Å². The number of fused-ring (bicyclic) bond motifs is 2. The number of hydrogen-bond donors (Lipinski definition) is 1. The van der Waals surface area contributed by atoms with E-state index in [4.69, 9.17) is 4.74 Å². The van der Waals surface area contributed by atoms with E-state index in [1.165, 1.54) is 38.5 Å². The quantitative estimate of drug-likeness (QED) is 0.834. The van der Waals surface area contributed by atoms with Gasteiger partial charge >= 0.3 is 0 Å². The van der Waals surface area contributed by atoms with Crippen LogP contribution in [0.2, 0.25) is 0 Å². The van der Waals surface area contributed by atoms with Gasteiger partial charge in [-0.25, -0.2) is 0 Å². The second-order valence-corrected chi connectivity index (χ2v) is 9.41. The fraction of sp³-hybridized carbons (Fsp3) is 1.00. The largest absolute Gasteiger partial charge is 0.389 e. The normalized spacial score (nSPS) is 44.6. The van der Waals surface area contributed by atoms with Gasteiger partial charge in [0.25, 0.3) is 0 Å². The predicted octanol–water partition coefficient (Wildman–Crippen LogP) is 3.84. The highest BCUT2D eigenvalue weighted by Gasteiger charge is 2.61. The van der Waals surface area contributed by atoms with Crippen molar-refractivity contribution in [1.82, 2.24) is 4.90 Å². The molecule has 2 saturated carbocycles. The lowest BCUT2D eigenvalue weighted by Crippen LogP contribution is -2.48.